The Hall–Kier alpha value is -1.43. The molecule has 0 radical (unpaired) electrons. The maximum absolute atomic E-state index is 14.8. The molecule has 3 nitrogen and oxygen atoms in total. The van der Waals surface area contributed by atoms with Crippen molar-refractivity contribution in [1.82, 2.24) is 5.32 Å². The van der Waals surface area contributed by atoms with Crippen molar-refractivity contribution in [2.75, 3.05) is 12.8 Å². The molecule has 27 heavy (non-hydrogen) atoms. The average Bonchev–Trinajstić information content (AvgIpc) is 2.59. The van der Waals surface area contributed by atoms with Crippen molar-refractivity contribution in [3.63, 3.8) is 0 Å². The second kappa shape index (κ2) is 9.67. The van der Waals surface area contributed by atoms with Crippen LogP contribution in [0.5, 0.6) is 5.75 Å². The summed E-state index contributed by atoms with van der Waals surface area (Å²) in [6, 6.07) is 6.64. The van der Waals surface area contributed by atoms with Crippen LogP contribution >= 0.6 is 35.0 Å². The van der Waals surface area contributed by atoms with E-state index >= 15 is 0 Å². The Morgan fingerprint density at radius 1 is 1.26 bits per heavy atom. The van der Waals surface area contributed by atoms with Crippen molar-refractivity contribution < 1.29 is 14.3 Å². The number of thioether (sulfide) groups is 1. The number of aromatic hydroxyl groups is 1. The largest absolute Gasteiger partial charge is 0.508 e. The van der Waals surface area contributed by atoms with Crippen molar-refractivity contribution in [3.8, 4) is 5.75 Å². The van der Waals surface area contributed by atoms with E-state index in [-0.39, 0.29) is 24.0 Å². The van der Waals surface area contributed by atoms with Gasteiger partial charge in [-0.05, 0) is 40.8 Å². The number of carbonyl (C=O) groups excluding carboxylic acids is 1. The summed E-state index contributed by atoms with van der Waals surface area (Å²) < 4.78 is 14.8. The van der Waals surface area contributed by atoms with Gasteiger partial charge < -0.3 is 10.4 Å². The third-order valence-corrected chi connectivity index (χ3v) is 5.84. The molecule has 0 aliphatic rings. The lowest BCUT2D eigenvalue weighted by Gasteiger charge is -2.15. The lowest BCUT2D eigenvalue weighted by Crippen LogP contribution is -2.19. The molecule has 0 spiro atoms. The third-order valence-electron chi connectivity index (χ3n) is 4.16. The predicted molar refractivity (Wildman–Crippen MR) is 112 cm³/mol. The summed E-state index contributed by atoms with van der Waals surface area (Å²) in [7, 11) is 1.60. The Balaban J connectivity index is 2.23. The molecule has 0 atom stereocenters. The van der Waals surface area contributed by atoms with Gasteiger partial charge in [-0.2, -0.15) is 0 Å². The number of phenolic OH excluding ortho intramolecular Hbond substituents is 1. The van der Waals surface area contributed by atoms with E-state index in [4.69, 9.17) is 23.2 Å². The van der Waals surface area contributed by atoms with E-state index < -0.39 is 5.82 Å². The first kappa shape index (κ1) is 21.9. The minimum absolute atomic E-state index is 0.0439. The first-order valence-electron chi connectivity index (χ1n) is 8.50. The van der Waals surface area contributed by atoms with Gasteiger partial charge in [-0.15, -0.1) is 11.8 Å². The van der Waals surface area contributed by atoms with Crippen LogP contribution in [0, 0.1) is 5.82 Å². The molecule has 0 fully saturated rings. The van der Waals surface area contributed by atoms with Crippen LogP contribution in [-0.2, 0) is 17.0 Å². The van der Waals surface area contributed by atoms with Crippen LogP contribution in [0.15, 0.2) is 24.3 Å². The molecule has 2 aromatic carbocycles. The normalized spacial score (nSPS) is 11.1. The van der Waals surface area contributed by atoms with Crippen LogP contribution in [-0.4, -0.2) is 23.8 Å². The highest BCUT2D eigenvalue weighted by Gasteiger charge is 2.18. The summed E-state index contributed by atoms with van der Waals surface area (Å²) in [5.74, 6) is 0.282. The molecule has 0 aromatic heterocycles. The number of nitrogens with one attached hydrogen (secondary N) is 1. The first-order valence-corrected chi connectivity index (χ1v) is 10.4. The second-order valence-corrected chi connectivity index (χ2v) is 8.31. The van der Waals surface area contributed by atoms with Crippen molar-refractivity contribution >= 4 is 40.9 Å². The fraction of sp³-hybridized carbons (Fsp3) is 0.350. The van der Waals surface area contributed by atoms with Crippen molar-refractivity contribution in [2.45, 2.75) is 31.9 Å². The Labute approximate surface area is 173 Å². The number of halogens is 3. The van der Waals surface area contributed by atoms with Crippen molar-refractivity contribution in [1.29, 1.82) is 0 Å². The quantitative estimate of drug-likeness (QED) is 0.607. The SMILES string of the molecule is CNC(=O)CSCc1cc(Cl)c(Cc2ccc(O)c(C(C)C)c2F)c(Cl)c1. The fourth-order valence-corrected chi connectivity index (χ4v) is 4.25. The number of hydrogen-bond donors (Lipinski definition) is 2. The molecule has 0 aliphatic carbocycles. The average molecular weight is 430 g/mol. The number of carbonyl (C=O) groups is 1. The molecule has 0 heterocycles. The monoisotopic (exact) mass is 429 g/mol. The first-order chi connectivity index (χ1) is 12.7. The van der Waals surface area contributed by atoms with Gasteiger partial charge in [0.25, 0.3) is 0 Å². The molecule has 1 amide bonds. The Bertz CT molecular complexity index is 820. The summed E-state index contributed by atoms with van der Waals surface area (Å²) in [6.45, 7) is 3.65. The van der Waals surface area contributed by atoms with Gasteiger partial charge in [0.15, 0.2) is 0 Å². The highest BCUT2D eigenvalue weighted by molar-refractivity contribution is 7.99. The number of benzene rings is 2. The Morgan fingerprint density at radius 3 is 2.44 bits per heavy atom. The van der Waals surface area contributed by atoms with E-state index in [0.29, 0.717) is 38.2 Å². The standard InChI is InChI=1S/C20H22Cl2FNO2S/c1-11(2)19-17(25)5-4-13(20(19)23)8-14-15(21)6-12(7-16(14)22)9-27-10-18(26)24-3/h4-7,11,25H,8-10H2,1-3H3,(H,24,26). The fourth-order valence-electron chi connectivity index (χ4n) is 2.75. The van der Waals surface area contributed by atoms with Gasteiger partial charge in [0.1, 0.15) is 11.6 Å². The summed E-state index contributed by atoms with van der Waals surface area (Å²) >= 11 is 14.2. The van der Waals surface area contributed by atoms with Crippen LogP contribution in [0.25, 0.3) is 0 Å². The zero-order valence-corrected chi connectivity index (χ0v) is 17.7. The van der Waals surface area contributed by atoms with Gasteiger partial charge in [0.2, 0.25) is 5.91 Å². The van der Waals surface area contributed by atoms with E-state index in [2.05, 4.69) is 5.32 Å². The number of amides is 1. The summed E-state index contributed by atoms with van der Waals surface area (Å²) in [5, 5.41) is 13.4. The van der Waals surface area contributed by atoms with Gasteiger partial charge in [-0.25, -0.2) is 4.39 Å². The van der Waals surface area contributed by atoms with Crippen LogP contribution in [0.2, 0.25) is 10.0 Å². The van der Waals surface area contributed by atoms with Crippen LogP contribution in [0.4, 0.5) is 4.39 Å². The summed E-state index contributed by atoms with van der Waals surface area (Å²) in [4.78, 5) is 11.3. The topological polar surface area (TPSA) is 49.3 Å². The summed E-state index contributed by atoms with van der Waals surface area (Å²) in [5.41, 5.74) is 2.26. The minimum Gasteiger partial charge on any atom is -0.508 e. The summed E-state index contributed by atoms with van der Waals surface area (Å²) in [6.07, 6.45) is 0.231. The molecular formula is C20H22Cl2FNO2S. The molecule has 2 rings (SSSR count). The molecule has 0 bridgehead atoms. The molecule has 0 saturated carbocycles. The maximum atomic E-state index is 14.8. The predicted octanol–water partition coefficient (Wildman–Crippen LogP) is 5.53. The molecule has 146 valence electrons. The van der Waals surface area contributed by atoms with Gasteiger partial charge in [0, 0.05) is 34.8 Å². The maximum Gasteiger partial charge on any atom is 0.229 e. The van der Waals surface area contributed by atoms with Gasteiger partial charge in [-0.1, -0.05) is 43.1 Å². The lowest BCUT2D eigenvalue weighted by atomic mass is 9.95. The van der Waals surface area contributed by atoms with Crippen LogP contribution in [0.3, 0.4) is 0 Å². The van der Waals surface area contributed by atoms with Crippen molar-refractivity contribution in [3.05, 3.63) is 62.4 Å². The van der Waals surface area contributed by atoms with Crippen LogP contribution in [0.1, 0.15) is 42.0 Å². The zero-order chi connectivity index (χ0) is 20.1. The number of hydrogen-bond acceptors (Lipinski definition) is 3. The minimum atomic E-state index is -0.428. The molecule has 2 N–H and O–H groups in total. The Kier molecular flexibility index (Phi) is 7.83. The van der Waals surface area contributed by atoms with E-state index in [1.165, 1.54) is 17.8 Å². The second-order valence-electron chi connectivity index (χ2n) is 6.51. The van der Waals surface area contributed by atoms with E-state index in [1.54, 1.807) is 25.2 Å². The number of rotatable bonds is 7. The highest BCUT2D eigenvalue weighted by atomic mass is 35.5. The van der Waals surface area contributed by atoms with E-state index in [0.717, 1.165) is 5.56 Å². The highest BCUT2D eigenvalue weighted by Crippen LogP contribution is 2.34. The molecule has 0 saturated heterocycles. The Morgan fingerprint density at radius 2 is 1.89 bits per heavy atom. The van der Waals surface area contributed by atoms with E-state index in [1.807, 2.05) is 13.8 Å². The zero-order valence-electron chi connectivity index (χ0n) is 15.4. The molecular weight excluding hydrogens is 408 g/mol. The molecule has 7 heteroatoms. The lowest BCUT2D eigenvalue weighted by molar-refractivity contribution is -0.118. The molecule has 2 aromatic rings. The van der Waals surface area contributed by atoms with Crippen LogP contribution < -0.4 is 5.32 Å². The smallest absolute Gasteiger partial charge is 0.229 e. The number of phenols is 1. The molecule has 0 aliphatic heterocycles. The van der Waals surface area contributed by atoms with Gasteiger partial charge in [-0.3, -0.25) is 4.79 Å². The van der Waals surface area contributed by atoms with E-state index in [9.17, 15) is 14.3 Å². The van der Waals surface area contributed by atoms with Crippen molar-refractivity contribution in [2.24, 2.45) is 0 Å². The third kappa shape index (κ3) is 5.53. The van der Waals surface area contributed by atoms with Gasteiger partial charge in [0.05, 0.1) is 5.75 Å². The van der Waals surface area contributed by atoms with Gasteiger partial charge >= 0.3 is 0 Å². The molecule has 0 unspecified atom stereocenters.